The molecule has 0 aromatic rings. The van der Waals surface area contributed by atoms with Crippen LogP contribution in [0, 0.1) is 5.41 Å². The van der Waals surface area contributed by atoms with E-state index >= 15 is 0 Å². The van der Waals surface area contributed by atoms with Crippen molar-refractivity contribution in [3.63, 3.8) is 0 Å². The lowest BCUT2D eigenvalue weighted by molar-refractivity contribution is -0.153. The van der Waals surface area contributed by atoms with E-state index < -0.39 is 0 Å². The summed E-state index contributed by atoms with van der Waals surface area (Å²) in [6.07, 6.45) is 6.68. The topological polar surface area (TPSA) is 41.6 Å². The van der Waals surface area contributed by atoms with Gasteiger partial charge in [0.05, 0.1) is 6.61 Å². The molecule has 0 aromatic heterocycles. The summed E-state index contributed by atoms with van der Waals surface area (Å²) in [6, 6.07) is 0. The van der Waals surface area contributed by atoms with Gasteiger partial charge in [0.1, 0.15) is 6.10 Å². The van der Waals surface area contributed by atoms with Crippen molar-refractivity contribution in [3.05, 3.63) is 0 Å². The highest BCUT2D eigenvalue weighted by Gasteiger charge is 2.40. The van der Waals surface area contributed by atoms with Crippen LogP contribution in [-0.2, 0) is 9.53 Å². The van der Waals surface area contributed by atoms with Crippen LogP contribution in [0.25, 0.3) is 0 Å². The molecular weight excluding hydrogens is 228 g/mol. The largest absolute Gasteiger partial charge is 0.368 e. The van der Waals surface area contributed by atoms with Crippen LogP contribution in [0.4, 0.5) is 0 Å². The fourth-order valence-corrected chi connectivity index (χ4v) is 3.56. The average Bonchev–Trinajstić information content (AvgIpc) is 2.94. The molecule has 3 heterocycles. The molecule has 0 radical (unpaired) electrons. The first-order valence-corrected chi connectivity index (χ1v) is 7.40. The van der Waals surface area contributed by atoms with Gasteiger partial charge in [0, 0.05) is 13.1 Å². The van der Waals surface area contributed by atoms with Crippen LogP contribution in [0.2, 0.25) is 0 Å². The molecule has 102 valence electrons. The summed E-state index contributed by atoms with van der Waals surface area (Å²) in [5, 5.41) is 3.40. The summed E-state index contributed by atoms with van der Waals surface area (Å²) in [7, 11) is 0. The van der Waals surface area contributed by atoms with E-state index in [1.165, 1.54) is 19.3 Å². The number of carbonyl (C=O) groups is 1. The third-order valence-corrected chi connectivity index (χ3v) is 4.88. The highest BCUT2D eigenvalue weighted by Crippen LogP contribution is 2.39. The lowest BCUT2D eigenvalue weighted by Gasteiger charge is -2.43. The van der Waals surface area contributed by atoms with Crippen LogP contribution in [-0.4, -0.2) is 49.7 Å². The Labute approximate surface area is 109 Å². The van der Waals surface area contributed by atoms with Gasteiger partial charge in [-0.1, -0.05) is 0 Å². The van der Waals surface area contributed by atoms with Crippen LogP contribution >= 0.6 is 0 Å². The number of piperidine rings is 1. The van der Waals surface area contributed by atoms with E-state index in [4.69, 9.17) is 4.74 Å². The molecule has 0 aromatic carbocycles. The second-order valence-electron chi connectivity index (χ2n) is 6.12. The normalized spacial score (nSPS) is 31.8. The van der Waals surface area contributed by atoms with Crippen LogP contribution < -0.4 is 5.32 Å². The zero-order valence-corrected chi connectivity index (χ0v) is 11.1. The molecule has 0 unspecified atom stereocenters. The van der Waals surface area contributed by atoms with Gasteiger partial charge in [0.25, 0.3) is 5.91 Å². The Morgan fingerprint density at radius 1 is 1.17 bits per heavy atom. The Morgan fingerprint density at radius 3 is 2.50 bits per heavy atom. The van der Waals surface area contributed by atoms with E-state index in [2.05, 4.69) is 5.32 Å². The lowest BCUT2D eigenvalue weighted by Crippen LogP contribution is -2.48. The number of hydrogen-bond donors (Lipinski definition) is 1. The first-order valence-electron chi connectivity index (χ1n) is 7.40. The molecule has 18 heavy (non-hydrogen) atoms. The summed E-state index contributed by atoms with van der Waals surface area (Å²) in [6.45, 7) is 4.88. The van der Waals surface area contributed by atoms with Gasteiger partial charge in [-0.3, -0.25) is 4.79 Å². The number of amides is 1. The minimum atomic E-state index is -0.149. The fraction of sp³-hybridized carbons (Fsp3) is 0.929. The van der Waals surface area contributed by atoms with Gasteiger partial charge in [-0.2, -0.15) is 0 Å². The van der Waals surface area contributed by atoms with Crippen molar-refractivity contribution >= 4 is 5.91 Å². The summed E-state index contributed by atoms with van der Waals surface area (Å²) in [5.74, 6) is 0.247. The minimum Gasteiger partial charge on any atom is -0.368 e. The first kappa shape index (κ1) is 12.4. The van der Waals surface area contributed by atoms with Gasteiger partial charge in [0.15, 0.2) is 0 Å². The third-order valence-electron chi connectivity index (χ3n) is 4.88. The molecule has 3 aliphatic heterocycles. The van der Waals surface area contributed by atoms with Gasteiger partial charge >= 0.3 is 0 Å². The number of nitrogens with one attached hydrogen (secondary N) is 1. The maximum Gasteiger partial charge on any atom is 0.251 e. The summed E-state index contributed by atoms with van der Waals surface area (Å²) in [5.41, 5.74) is 0.368. The summed E-state index contributed by atoms with van der Waals surface area (Å²) in [4.78, 5) is 14.3. The first-order chi connectivity index (χ1) is 8.79. The van der Waals surface area contributed by atoms with E-state index in [0.717, 1.165) is 52.0 Å². The number of rotatable bonds is 1. The molecule has 0 aliphatic carbocycles. The molecule has 1 amide bonds. The Morgan fingerprint density at radius 2 is 1.89 bits per heavy atom. The van der Waals surface area contributed by atoms with Crippen LogP contribution in [0.5, 0.6) is 0 Å². The van der Waals surface area contributed by atoms with E-state index in [9.17, 15) is 4.79 Å². The van der Waals surface area contributed by atoms with E-state index in [1.54, 1.807) is 0 Å². The van der Waals surface area contributed by atoms with E-state index in [-0.39, 0.29) is 12.0 Å². The molecule has 3 rings (SSSR count). The molecule has 0 bridgehead atoms. The Hall–Kier alpha value is -0.610. The molecule has 3 fully saturated rings. The predicted molar refractivity (Wildman–Crippen MR) is 69.3 cm³/mol. The zero-order valence-electron chi connectivity index (χ0n) is 11.1. The number of nitrogens with zero attached hydrogens (tertiary/aromatic N) is 1. The number of likely N-dealkylation sites (tertiary alicyclic amines) is 1. The molecule has 4 heteroatoms. The minimum absolute atomic E-state index is 0.149. The van der Waals surface area contributed by atoms with Crippen LogP contribution in [0.15, 0.2) is 0 Å². The molecule has 0 saturated carbocycles. The predicted octanol–water partition coefficient (Wildman–Crippen LogP) is 1.16. The standard InChI is InChI=1S/C14H24N2O2/c17-13(16-9-1-2-10-16)12-3-4-14(11-18-12)5-7-15-8-6-14/h12,15H,1-11H2/t12-/m1/s1. The van der Waals surface area contributed by atoms with Crippen molar-refractivity contribution in [1.82, 2.24) is 10.2 Å². The van der Waals surface area contributed by atoms with E-state index in [1.807, 2.05) is 4.90 Å². The number of ether oxygens (including phenoxy) is 1. The molecule has 1 spiro atoms. The van der Waals surface area contributed by atoms with Crippen molar-refractivity contribution in [3.8, 4) is 0 Å². The average molecular weight is 252 g/mol. The van der Waals surface area contributed by atoms with Crippen molar-refractivity contribution in [2.24, 2.45) is 5.41 Å². The summed E-state index contributed by atoms with van der Waals surface area (Å²) < 4.78 is 5.93. The van der Waals surface area contributed by atoms with Gasteiger partial charge in [-0.25, -0.2) is 0 Å². The van der Waals surface area contributed by atoms with Gasteiger partial charge < -0.3 is 15.0 Å². The van der Waals surface area contributed by atoms with Crippen LogP contribution in [0.3, 0.4) is 0 Å². The van der Waals surface area contributed by atoms with Crippen molar-refractivity contribution in [2.45, 2.75) is 44.6 Å². The molecule has 1 atom stereocenters. The molecular formula is C14H24N2O2. The maximum absolute atomic E-state index is 12.3. The number of hydrogen-bond acceptors (Lipinski definition) is 3. The second-order valence-corrected chi connectivity index (χ2v) is 6.12. The third kappa shape index (κ3) is 2.41. The highest BCUT2D eigenvalue weighted by atomic mass is 16.5. The quantitative estimate of drug-likeness (QED) is 0.761. The van der Waals surface area contributed by atoms with Gasteiger partial charge in [-0.05, 0) is 57.0 Å². The smallest absolute Gasteiger partial charge is 0.251 e. The maximum atomic E-state index is 12.3. The van der Waals surface area contributed by atoms with Crippen LogP contribution in [0.1, 0.15) is 38.5 Å². The molecule has 3 aliphatic rings. The Kier molecular flexibility index (Phi) is 3.57. The van der Waals surface area contributed by atoms with Crippen molar-refractivity contribution in [2.75, 3.05) is 32.8 Å². The highest BCUT2D eigenvalue weighted by molar-refractivity contribution is 5.81. The number of carbonyl (C=O) groups excluding carboxylic acids is 1. The molecule has 1 N–H and O–H groups in total. The monoisotopic (exact) mass is 252 g/mol. The van der Waals surface area contributed by atoms with Gasteiger partial charge in [0.2, 0.25) is 0 Å². The van der Waals surface area contributed by atoms with Crippen molar-refractivity contribution < 1.29 is 9.53 Å². The zero-order chi connectivity index (χ0) is 12.4. The Bertz CT molecular complexity index is 297. The molecule has 3 saturated heterocycles. The second kappa shape index (κ2) is 5.17. The fourth-order valence-electron chi connectivity index (χ4n) is 3.56. The van der Waals surface area contributed by atoms with E-state index in [0.29, 0.717) is 5.41 Å². The SMILES string of the molecule is O=C([C@H]1CCC2(CCNCC2)CO1)N1CCCC1. The van der Waals surface area contributed by atoms with Crippen molar-refractivity contribution in [1.29, 1.82) is 0 Å². The van der Waals surface area contributed by atoms with Gasteiger partial charge in [-0.15, -0.1) is 0 Å². The molecule has 4 nitrogen and oxygen atoms in total. The Balaban J connectivity index is 1.54. The summed E-state index contributed by atoms with van der Waals surface area (Å²) >= 11 is 0. The lowest BCUT2D eigenvalue weighted by atomic mass is 9.74.